The Kier molecular flexibility index (Phi) is 7.38. The van der Waals surface area contributed by atoms with E-state index in [-0.39, 0.29) is 0 Å². The van der Waals surface area contributed by atoms with Crippen molar-refractivity contribution in [3.8, 4) is 11.5 Å². The topological polar surface area (TPSA) is 140 Å². The number of nitrogens with one attached hydrogen (secondary N) is 2. The van der Waals surface area contributed by atoms with Gasteiger partial charge in [-0.2, -0.15) is 0 Å². The van der Waals surface area contributed by atoms with Gasteiger partial charge in [-0.3, -0.25) is 19.2 Å². The molecule has 0 aliphatic rings. The summed E-state index contributed by atoms with van der Waals surface area (Å²) in [5, 5.41) is 19.2. The summed E-state index contributed by atoms with van der Waals surface area (Å²) in [6, 6.07) is 8.36. The monoisotopic (exact) mass is 690 g/mol. The summed E-state index contributed by atoms with van der Waals surface area (Å²) in [7, 11) is 0. The largest absolute Gasteiger partial charge is 0.503 e. The van der Waals surface area contributed by atoms with Crippen LogP contribution in [0.3, 0.4) is 0 Å². The lowest BCUT2D eigenvalue weighted by atomic mass is 10.2. The molecule has 0 saturated carbocycles. The van der Waals surface area contributed by atoms with Crippen molar-refractivity contribution in [3.63, 3.8) is 0 Å². The van der Waals surface area contributed by atoms with E-state index in [1.165, 1.54) is 0 Å². The Hall–Kier alpha value is -2.28. The summed E-state index contributed by atoms with van der Waals surface area (Å²) >= 11 is 13.0. The molecule has 0 bridgehead atoms. The molecule has 0 radical (unpaired) electrons. The molecule has 0 saturated heterocycles. The Morgan fingerprint density at radius 3 is 1.81 bits per heavy atom. The zero-order valence-corrected chi connectivity index (χ0v) is 21.8. The number of fused-ring (bicyclic) bond motifs is 2. The van der Waals surface area contributed by atoms with Gasteiger partial charge in [0.05, 0.1) is 16.4 Å². The molecule has 4 rings (SSSR count). The van der Waals surface area contributed by atoms with Crippen molar-refractivity contribution in [2.24, 2.45) is 0 Å². The van der Waals surface area contributed by atoms with Crippen LogP contribution in [0.4, 0.5) is 0 Å². The first-order chi connectivity index (χ1) is 15.0. The fourth-order valence-electron chi connectivity index (χ4n) is 2.66. The first-order valence-electron chi connectivity index (χ1n) is 8.49. The van der Waals surface area contributed by atoms with Gasteiger partial charge in [0.25, 0.3) is 11.1 Å². The minimum atomic E-state index is -0.703. The van der Waals surface area contributed by atoms with Gasteiger partial charge < -0.3 is 20.2 Å². The van der Waals surface area contributed by atoms with Gasteiger partial charge in [0.2, 0.25) is 0 Å². The Labute approximate surface area is 211 Å². The second kappa shape index (κ2) is 9.69. The fraction of sp³-hybridized carbons (Fsp3) is 0. The molecule has 164 valence electrons. The molecule has 0 atom stereocenters. The average molecular weight is 694 g/mol. The lowest BCUT2D eigenvalue weighted by Crippen LogP contribution is -2.00. The molecule has 0 spiro atoms. The van der Waals surface area contributed by atoms with Crippen LogP contribution < -0.4 is 22.0 Å². The van der Waals surface area contributed by atoms with Crippen molar-refractivity contribution in [2.45, 2.75) is 0 Å². The second-order valence-electron chi connectivity index (χ2n) is 6.29. The minimum absolute atomic E-state index is 0.312. The highest BCUT2D eigenvalue weighted by Gasteiger charge is 2.08. The predicted molar refractivity (Wildman–Crippen MR) is 136 cm³/mol. The number of aromatic hydroxyl groups is 2. The number of halogens is 4. The highest BCUT2D eigenvalue weighted by molar-refractivity contribution is 9.13. The summed E-state index contributed by atoms with van der Waals surface area (Å²) in [4.78, 5) is 51.0. The van der Waals surface area contributed by atoms with Gasteiger partial charge in [-0.25, -0.2) is 0 Å². The molecule has 2 aromatic heterocycles. The molecule has 0 amide bonds. The van der Waals surface area contributed by atoms with Crippen molar-refractivity contribution in [1.82, 2.24) is 9.97 Å². The number of hydrogen-bond donors (Lipinski definition) is 4. The maximum Gasteiger partial charge on any atom is 0.290 e. The van der Waals surface area contributed by atoms with Crippen LogP contribution in [0.15, 0.2) is 73.5 Å². The maximum atomic E-state index is 11.8. The molecule has 12 heteroatoms. The van der Waals surface area contributed by atoms with E-state index >= 15 is 0 Å². The van der Waals surface area contributed by atoms with Crippen LogP contribution >= 0.6 is 63.7 Å². The highest BCUT2D eigenvalue weighted by atomic mass is 79.9. The predicted octanol–water partition coefficient (Wildman–Crippen LogP) is 4.24. The SMILES string of the molecule is O=c1[nH]c2c(Br)ccc(Br)c2c(=O)cc1O.O=c1[nH]c2cc(Br)c(Br)cc2c(=O)cc1O. The van der Waals surface area contributed by atoms with Crippen LogP contribution in [-0.4, -0.2) is 20.2 Å². The average Bonchev–Trinajstić information content (AvgIpc) is 2.90. The van der Waals surface area contributed by atoms with E-state index in [0.717, 1.165) is 12.1 Å². The fourth-order valence-corrected chi connectivity index (χ4v) is 4.30. The van der Waals surface area contributed by atoms with Crippen LogP contribution in [-0.2, 0) is 0 Å². The minimum Gasteiger partial charge on any atom is -0.503 e. The molecule has 0 unspecified atom stereocenters. The molecule has 0 aliphatic heterocycles. The summed E-state index contributed by atoms with van der Waals surface area (Å²) in [6.07, 6.45) is 0. The lowest BCUT2D eigenvalue weighted by Gasteiger charge is -1.97. The van der Waals surface area contributed by atoms with E-state index in [9.17, 15) is 29.4 Å². The van der Waals surface area contributed by atoms with Crippen LogP contribution in [0.5, 0.6) is 11.5 Å². The van der Waals surface area contributed by atoms with Crippen LogP contribution in [0.1, 0.15) is 0 Å². The van der Waals surface area contributed by atoms with E-state index in [4.69, 9.17) is 0 Å². The molecular formula is C20H10Br4N2O6. The number of aromatic nitrogens is 2. The van der Waals surface area contributed by atoms with Crippen molar-refractivity contribution in [1.29, 1.82) is 0 Å². The van der Waals surface area contributed by atoms with Gasteiger partial charge in [0, 0.05) is 35.4 Å². The first-order valence-corrected chi connectivity index (χ1v) is 11.7. The zero-order valence-electron chi connectivity index (χ0n) is 15.5. The van der Waals surface area contributed by atoms with Crippen LogP contribution in [0.2, 0.25) is 0 Å². The van der Waals surface area contributed by atoms with Crippen LogP contribution in [0, 0.1) is 0 Å². The number of benzene rings is 2. The second-order valence-corrected chi connectivity index (χ2v) is 9.70. The summed E-state index contributed by atoms with van der Waals surface area (Å²) in [6.45, 7) is 0. The molecule has 32 heavy (non-hydrogen) atoms. The molecule has 4 aromatic rings. The molecule has 2 heterocycles. The van der Waals surface area contributed by atoms with Crippen molar-refractivity contribution in [2.75, 3.05) is 0 Å². The third-order valence-corrected chi connectivity index (χ3v) is 7.33. The summed E-state index contributed by atoms with van der Waals surface area (Å²) in [5.41, 5.74) is -1.53. The number of aromatic amines is 2. The Bertz CT molecular complexity index is 1630. The van der Waals surface area contributed by atoms with E-state index in [2.05, 4.69) is 73.7 Å². The third-order valence-electron chi connectivity index (χ3n) is 4.16. The van der Waals surface area contributed by atoms with Gasteiger partial charge in [-0.15, -0.1) is 0 Å². The van der Waals surface area contributed by atoms with E-state index in [1.54, 1.807) is 24.3 Å². The van der Waals surface area contributed by atoms with Gasteiger partial charge in [0.15, 0.2) is 22.4 Å². The molecule has 2 aromatic carbocycles. The number of H-pyrrole nitrogens is 2. The number of hydrogen-bond acceptors (Lipinski definition) is 6. The van der Waals surface area contributed by atoms with Crippen molar-refractivity contribution >= 4 is 85.5 Å². The molecule has 0 aliphatic carbocycles. The van der Waals surface area contributed by atoms with E-state index < -0.39 is 33.5 Å². The first kappa shape index (κ1) is 24.4. The zero-order chi connectivity index (χ0) is 23.7. The number of rotatable bonds is 0. The molecule has 8 nitrogen and oxygen atoms in total. The van der Waals surface area contributed by atoms with Gasteiger partial charge in [0.1, 0.15) is 0 Å². The molecule has 4 N–H and O–H groups in total. The Morgan fingerprint density at radius 2 is 1.16 bits per heavy atom. The maximum absolute atomic E-state index is 11.8. The highest BCUT2D eigenvalue weighted by Crippen LogP contribution is 2.26. The van der Waals surface area contributed by atoms with Crippen LogP contribution in [0.25, 0.3) is 21.8 Å². The Balaban J connectivity index is 0.000000181. The third kappa shape index (κ3) is 5.03. The quantitative estimate of drug-likeness (QED) is 0.217. The summed E-state index contributed by atoms with van der Waals surface area (Å²) in [5.74, 6) is -1.19. The van der Waals surface area contributed by atoms with Crippen molar-refractivity contribution < 1.29 is 10.2 Å². The van der Waals surface area contributed by atoms with Gasteiger partial charge in [-0.05, 0) is 88.0 Å². The molecular weight excluding hydrogens is 684 g/mol. The van der Waals surface area contributed by atoms with Crippen molar-refractivity contribution in [3.05, 3.63) is 95.4 Å². The van der Waals surface area contributed by atoms with E-state index in [0.29, 0.717) is 39.7 Å². The lowest BCUT2D eigenvalue weighted by molar-refractivity contribution is 0.467. The Morgan fingerprint density at radius 1 is 0.625 bits per heavy atom. The van der Waals surface area contributed by atoms with Gasteiger partial charge >= 0.3 is 0 Å². The normalized spacial score (nSPS) is 10.6. The standard InChI is InChI=1S/2C10H5Br2NO3/c11-5-1-4-7(2-6(5)12)13-10(16)9(15)3-8(4)14;11-4-1-2-5(12)9-8(4)6(14)3-7(15)10(16)13-9/h2*1-3,15H,(H,13,16). The molecule has 0 fully saturated rings. The smallest absolute Gasteiger partial charge is 0.290 e. The van der Waals surface area contributed by atoms with Gasteiger partial charge in [-0.1, -0.05) is 0 Å². The van der Waals surface area contributed by atoms with E-state index in [1.807, 2.05) is 0 Å². The summed E-state index contributed by atoms with van der Waals surface area (Å²) < 4.78 is 2.54.